The average molecular weight is 375 g/mol. The Labute approximate surface area is 148 Å². The number of nitrogens with two attached hydrogens (primary N) is 1. The van der Waals surface area contributed by atoms with E-state index in [0.717, 1.165) is 35.9 Å². The van der Waals surface area contributed by atoms with Crippen molar-refractivity contribution in [3.63, 3.8) is 0 Å². The fraction of sp³-hybridized carbons (Fsp3) is 0.0588. The summed E-state index contributed by atoms with van der Waals surface area (Å²) in [4.78, 5) is 11.9. The van der Waals surface area contributed by atoms with Gasteiger partial charge in [0.05, 0.1) is 10.5 Å². The summed E-state index contributed by atoms with van der Waals surface area (Å²) >= 11 is 0. The summed E-state index contributed by atoms with van der Waals surface area (Å²) in [5.74, 6) is -1.79. The molecule has 7 nitrogen and oxygen atoms in total. The van der Waals surface area contributed by atoms with Crippen LogP contribution >= 0.6 is 0 Å². The Morgan fingerprint density at radius 1 is 1.15 bits per heavy atom. The predicted octanol–water partition coefficient (Wildman–Crippen LogP) is 2.37. The molecular weight excluding hydrogens is 361 g/mol. The third-order valence-electron chi connectivity index (χ3n) is 3.47. The highest BCUT2D eigenvalue weighted by atomic mass is 32.2. The second kappa shape index (κ2) is 6.60. The van der Waals surface area contributed by atoms with Crippen LogP contribution < -0.4 is 10.5 Å². The second-order valence-corrected chi connectivity index (χ2v) is 7.24. The third kappa shape index (κ3) is 3.42. The molecule has 0 aliphatic carbocycles. The summed E-state index contributed by atoms with van der Waals surface area (Å²) < 4.78 is 43.7. The van der Waals surface area contributed by atoms with Gasteiger partial charge in [0.25, 0.3) is 10.0 Å². The first-order valence-corrected chi connectivity index (χ1v) is 8.87. The lowest BCUT2D eigenvalue weighted by Crippen LogP contribution is -2.17. The van der Waals surface area contributed by atoms with Gasteiger partial charge < -0.3 is 10.5 Å². The molecule has 0 saturated carbocycles. The predicted molar refractivity (Wildman–Crippen MR) is 91.8 cm³/mol. The van der Waals surface area contributed by atoms with Crippen molar-refractivity contribution in [3.05, 3.63) is 71.5 Å². The Bertz CT molecular complexity index is 1080. The maximum absolute atomic E-state index is 13.0. The summed E-state index contributed by atoms with van der Waals surface area (Å²) in [6.45, 7) is 1.82. The first kappa shape index (κ1) is 17.6. The van der Waals surface area contributed by atoms with E-state index in [1.54, 1.807) is 18.2 Å². The number of esters is 1. The van der Waals surface area contributed by atoms with Crippen molar-refractivity contribution in [2.24, 2.45) is 0 Å². The van der Waals surface area contributed by atoms with Gasteiger partial charge in [0.2, 0.25) is 5.88 Å². The van der Waals surface area contributed by atoms with Crippen LogP contribution in [-0.4, -0.2) is 23.6 Å². The second-order valence-electron chi connectivity index (χ2n) is 5.47. The van der Waals surface area contributed by atoms with E-state index < -0.39 is 21.8 Å². The van der Waals surface area contributed by atoms with Gasteiger partial charge in [-0.15, -0.1) is 9.19 Å². The van der Waals surface area contributed by atoms with Crippen LogP contribution in [0.5, 0.6) is 5.88 Å². The summed E-state index contributed by atoms with van der Waals surface area (Å²) in [5, 5.41) is 3.74. The van der Waals surface area contributed by atoms with Gasteiger partial charge in [-0.2, -0.15) is 8.42 Å². The van der Waals surface area contributed by atoms with E-state index >= 15 is 0 Å². The van der Waals surface area contributed by atoms with Gasteiger partial charge in [0.15, 0.2) is 0 Å². The highest BCUT2D eigenvalue weighted by molar-refractivity contribution is 7.90. The maximum Gasteiger partial charge on any atom is 0.344 e. The van der Waals surface area contributed by atoms with Crippen molar-refractivity contribution >= 4 is 21.8 Å². The molecule has 26 heavy (non-hydrogen) atoms. The Morgan fingerprint density at radius 3 is 2.50 bits per heavy atom. The fourth-order valence-electron chi connectivity index (χ4n) is 2.23. The van der Waals surface area contributed by atoms with Gasteiger partial charge in [-0.05, 0) is 43.3 Å². The molecule has 3 rings (SSSR count). The summed E-state index contributed by atoms with van der Waals surface area (Å²) in [7, 11) is -4.15. The van der Waals surface area contributed by atoms with Gasteiger partial charge in [0.1, 0.15) is 11.6 Å². The van der Waals surface area contributed by atoms with Crippen LogP contribution in [0.3, 0.4) is 0 Å². The number of nitrogens with zero attached hydrogens (tertiary/aromatic N) is 2. The number of aromatic nitrogens is 2. The summed E-state index contributed by atoms with van der Waals surface area (Å²) in [6, 6.07) is 12.0. The molecule has 0 saturated heterocycles. The average Bonchev–Trinajstić information content (AvgIpc) is 2.96. The highest BCUT2D eigenvalue weighted by Gasteiger charge is 2.23. The van der Waals surface area contributed by atoms with Crippen LogP contribution in [0.1, 0.15) is 15.9 Å². The lowest BCUT2D eigenvalue weighted by atomic mass is 10.1. The Kier molecular flexibility index (Phi) is 4.47. The van der Waals surface area contributed by atoms with Gasteiger partial charge in [0, 0.05) is 6.07 Å². The fourth-order valence-corrected chi connectivity index (χ4v) is 3.43. The molecule has 0 fully saturated rings. The number of ether oxygens (including phenoxy) is 1. The Morgan fingerprint density at radius 2 is 1.85 bits per heavy atom. The summed E-state index contributed by atoms with van der Waals surface area (Å²) in [5.41, 5.74) is 6.84. The molecule has 0 aliphatic rings. The van der Waals surface area contributed by atoms with Crippen LogP contribution in [0.25, 0.3) is 0 Å². The molecule has 0 unspecified atom stereocenters. The molecule has 3 aromatic rings. The van der Waals surface area contributed by atoms with Crippen LogP contribution in [-0.2, 0) is 10.0 Å². The van der Waals surface area contributed by atoms with Crippen LogP contribution in [0.4, 0.5) is 10.2 Å². The monoisotopic (exact) mass is 375 g/mol. The Hall–Kier alpha value is -3.20. The number of rotatable bonds is 4. The van der Waals surface area contributed by atoms with Crippen LogP contribution in [0, 0.1) is 12.7 Å². The first-order valence-electron chi connectivity index (χ1n) is 7.43. The number of hydrogen-bond acceptors (Lipinski definition) is 6. The molecule has 0 radical (unpaired) electrons. The smallest absolute Gasteiger partial charge is 0.344 e. The lowest BCUT2D eigenvalue weighted by Gasteiger charge is -2.05. The molecule has 2 N–H and O–H groups in total. The van der Waals surface area contributed by atoms with Crippen molar-refractivity contribution < 1.29 is 22.3 Å². The van der Waals surface area contributed by atoms with E-state index in [1.165, 1.54) is 0 Å². The molecule has 0 aliphatic heterocycles. The molecule has 1 heterocycles. The topological polar surface area (TPSA) is 104 Å². The number of halogens is 1. The molecule has 0 atom stereocenters. The van der Waals surface area contributed by atoms with E-state index in [1.807, 2.05) is 13.0 Å². The minimum Gasteiger partial charge on any atom is -0.402 e. The number of hydrogen-bond donors (Lipinski definition) is 1. The SMILES string of the molecule is Cc1cccc(C(=O)Oc2cc(N)n(S(=O)(=O)c3ccc(F)cc3)n2)c1. The number of carbonyl (C=O) groups excluding carboxylic acids is 1. The van der Waals surface area contributed by atoms with Gasteiger partial charge >= 0.3 is 5.97 Å². The van der Waals surface area contributed by atoms with Gasteiger partial charge in [-0.1, -0.05) is 17.7 Å². The molecule has 1 aromatic heterocycles. The Balaban J connectivity index is 1.89. The molecule has 134 valence electrons. The zero-order valence-corrected chi connectivity index (χ0v) is 14.4. The van der Waals surface area contributed by atoms with E-state index in [4.69, 9.17) is 10.5 Å². The zero-order valence-electron chi connectivity index (χ0n) is 13.6. The van der Waals surface area contributed by atoms with Gasteiger partial charge in [-0.25, -0.2) is 9.18 Å². The molecular formula is C17H14FN3O4S. The van der Waals surface area contributed by atoms with Crippen molar-refractivity contribution in [1.82, 2.24) is 9.19 Å². The van der Waals surface area contributed by atoms with Crippen molar-refractivity contribution in [2.75, 3.05) is 5.73 Å². The number of aryl methyl sites for hydroxylation is 1. The van der Waals surface area contributed by atoms with E-state index in [-0.39, 0.29) is 16.6 Å². The molecule has 2 aromatic carbocycles. The molecule has 9 heteroatoms. The van der Waals surface area contributed by atoms with Gasteiger partial charge in [-0.3, -0.25) is 0 Å². The standard InChI is InChI=1S/C17H14FN3O4S/c1-11-3-2-4-12(9-11)17(22)25-16-10-15(19)21(20-16)26(23,24)14-7-5-13(18)6-8-14/h2-10H,19H2,1H3. The minimum atomic E-state index is -4.15. The largest absolute Gasteiger partial charge is 0.402 e. The number of benzene rings is 2. The van der Waals surface area contributed by atoms with Crippen molar-refractivity contribution in [3.8, 4) is 5.88 Å². The van der Waals surface area contributed by atoms with Crippen LogP contribution in [0.15, 0.2) is 59.5 Å². The van der Waals surface area contributed by atoms with Crippen molar-refractivity contribution in [1.29, 1.82) is 0 Å². The quantitative estimate of drug-likeness (QED) is 0.702. The molecule has 0 amide bonds. The van der Waals surface area contributed by atoms with E-state index in [9.17, 15) is 17.6 Å². The third-order valence-corrected chi connectivity index (χ3v) is 5.09. The van der Waals surface area contributed by atoms with Crippen molar-refractivity contribution in [2.45, 2.75) is 11.8 Å². The molecule has 0 bridgehead atoms. The zero-order chi connectivity index (χ0) is 18.9. The van der Waals surface area contributed by atoms with E-state index in [2.05, 4.69) is 5.10 Å². The summed E-state index contributed by atoms with van der Waals surface area (Å²) in [6.07, 6.45) is 0. The number of carbonyl (C=O) groups is 1. The van der Waals surface area contributed by atoms with E-state index in [0.29, 0.717) is 9.65 Å². The maximum atomic E-state index is 13.0. The number of nitrogen functional groups attached to an aromatic ring is 1. The molecule has 0 spiro atoms. The highest BCUT2D eigenvalue weighted by Crippen LogP contribution is 2.22. The first-order chi connectivity index (χ1) is 12.3. The number of anilines is 1. The lowest BCUT2D eigenvalue weighted by molar-refractivity contribution is 0.0727. The minimum absolute atomic E-state index is 0.203. The normalized spacial score (nSPS) is 11.3. The van der Waals surface area contributed by atoms with Crippen LogP contribution in [0.2, 0.25) is 0 Å².